The zero-order chi connectivity index (χ0) is 69.8. The summed E-state index contributed by atoms with van der Waals surface area (Å²) in [5.41, 5.74) is 18.2. The molecular weight excluding hydrogens is 1340 g/mol. The number of benzene rings is 18. The van der Waals surface area contributed by atoms with E-state index in [0.717, 1.165) is 61.8 Å². The topological polar surface area (TPSA) is 19.6 Å². The Kier molecular flexibility index (Phi) is 14.8. The van der Waals surface area contributed by atoms with Gasteiger partial charge in [0.1, 0.15) is 11.2 Å². The van der Waals surface area contributed by atoms with E-state index in [9.17, 15) is 0 Å². The van der Waals surface area contributed by atoms with Crippen molar-refractivity contribution in [1.29, 1.82) is 0 Å². The van der Waals surface area contributed by atoms with Crippen molar-refractivity contribution in [3.63, 3.8) is 0 Å². The highest BCUT2D eigenvalue weighted by Crippen LogP contribution is 2.48. The first kappa shape index (κ1) is 61.7. The third-order valence-electron chi connectivity index (χ3n) is 21.3. The van der Waals surface area contributed by atoms with Crippen molar-refractivity contribution in [3.05, 3.63) is 376 Å². The van der Waals surface area contributed by atoms with Gasteiger partial charge in [-0.25, -0.2) is 0 Å². The molecule has 0 amide bonds. The van der Waals surface area contributed by atoms with Gasteiger partial charge in [0.25, 0.3) is 0 Å². The van der Waals surface area contributed by atoms with Gasteiger partial charge in [0.2, 0.25) is 0 Å². The Morgan fingerprint density at radius 3 is 0.896 bits per heavy atom. The molecule has 106 heavy (non-hydrogen) atoms. The fraction of sp³-hybridized carbons (Fsp3) is 0. The largest absolute Gasteiger partial charge is 0.456 e. The SMILES string of the molecule is c1ccc(-c2ccc(N(c3ccc(-c4ccc5oc6ccc7ccccc7c6c5c4)cc3)c3ccc4sc5ccc6ccccc6c5c4c3)cc2)cc1.c1ccc(N(c2ccc(-c3ccc(-c4ccc5sc6ccc7ccccc7c6c5c4)cc3)cc2)c2ccc3sc4ccc5ccccc5c4c3c2)cc1. The van der Waals surface area contributed by atoms with Gasteiger partial charge in [0.15, 0.2) is 0 Å². The van der Waals surface area contributed by atoms with Gasteiger partial charge in [-0.2, -0.15) is 0 Å². The molecule has 0 spiro atoms. The van der Waals surface area contributed by atoms with Crippen LogP contribution in [-0.4, -0.2) is 0 Å². The third kappa shape index (κ3) is 10.7. The van der Waals surface area contributed by atoms with Gasteiger partial charge in [-0.3, -0.25) is 0 Å². The van der Waals surface area contributed by atoms with Crippen LogP contribution in [0.3, 0.4) is 0 Å². The van der Waals surface area contributed by atoms with Crippen molar-refractivity contribution in [1.82, 2.24) is 0 Å². The summed E-state index contributed by atoms with van der Waals surface area (Å²) >= 11 is 5.61. The standard InChI is InChI=1S/C50H31NOS.C50H31NS2/c1-2-8-32(9-3-1)33-14-21-38(22-15-33)51(40-25-29-47-44(31-40)50-42-13-7-5-11-36(42)20-28-48(50)53-47)39-23-16-34(17-24-39)37-19-26-45-43(30-37)49-41-12-6-4-10-35(41)18-27-46(49)52-45;1-2-10-38(11-3-1)51(40-25-29-46-44(31-40)50-42-13-7-5-9-36(42)21-28-48(50)53-46)39-23-18-33(19-24-39)32-14-16-34(17-15-32)37-22-26-45-43(30-37)49-41-12-6-4-8-35(41)20-27-47(49)52-45/h2*1-31H. The Morgan fingerprint density at radius 2 is 0.453 bits per heavy atom. The van der Waals surface area contributed by atoms with Crippen molar-refractivity contribution in [2.75, 3.05) is 9.80 Å². The molecule has 0 aliphatic heterocycles. The molecule has 0 fully saturated rings. The van der Waals surface area contributed by atoms with Crippen LogP contribution in [0.2, 0.25) is 0 Å². The Labute approximate surface area is 623 Å². The van der Waals surface area contributed by atoms with Gasteiger partial charge in [-0.05, 0) is 221 Å². The quantitative estimate of drug-likeness (QED) is 0.136. The van der Waals surface area contributed by atoms with Crippen LogP contribution in [0.1, 0.15) is 0 Å². The Hall–Kier alpha value is -12.9. The van der Waals surface area contributed by atoms with E-state index in [4.69, 9.17) is 4.42 Å². The minimum atomic E-state index is 0.908. The number of para-hydroxylation sites is 1. The van der Waals surface area contributed by atoms with Crippen molar-refractivity contribution >= 4 is 194 Å². The van der Waals surface area contributed by atoms with E-state index in [1.807, 2.05) is 34.0 Å². The van der Waals surface area contributed by atoms with Crippen LogP contribution in [0.4, 0.5) is 34.1 Å². The van der Waals surface area contributed by atoms with Crippen LogP contribution in [0.5, 0.6) is 0 Å². The summed E-state index contributed by atoms with van der Waals surface area (Å²) < 4.78 is 14.2. The lowest BCUT2D eigenvalue weighted by molar-refractivity contribution is 0.669. The van der Waals surface area contributed by atoms with E-state index in [0.29, 0.717) is 0 Å². The molecule has 22 aromatic rings. The van der Waals surface area contributed by atoms with E-state index in [-0.39, 0.29) is 0 Å². The number of furan rings is 1. The first-order valence-electron chi connectivity index (χ1n) is 36.0. The van der Waals surface area contributed by atoms with Crippen LogP contribution in [0, 0.1) is 0 Å². The summed E-state index contributed by atoms with van der Waals surface area (Å²) in [6, 6.07) is 137. The summed E-state index contributed by atoms with van der Waals surface area (Å²) in [6.45, 7) is 0. The molecule has 0 bridgehead atoms. The zero-order valence-electron chi connectivity index (χ0n) is 57.3. The average Bonchev–Trinajstić information content (AvgIpc) is 1.60. The van der Waals surface area contributed by atoms with E-state index in [1.165, 1.54) is 142 Å². The Balaban J connectivity index is 0.000000136. The van der Waals surface area contributed by atoms with E-state index >= 15 is 0 Å². The maximum atomic E-state index is 6.31. The number of hydrogen-bond donors (Lipinski definition) is 0. The second-order valence-corrected chi connectivity index (χ2v) is 30.7. The molecule has 0 saturated heterocycles. The summed E-state index contributed by atoms with van der Waals surface area (Å²) in [5, 5.41) is 20.5. The van der Waals surface area contributed by atoms with Gasteiger partial charge in [-0.1, -0.05) is 243 Å². The van der Waals surface area contributed by atoms with E-state index < -0.39 is 0 Å². The predicted octanol–water partition coefficient (Wildman–Crippen LogP) is 30.6. The second kappa shape index (κ2) is 25.5. The molecule has 0 N–H and O–H groups in total. The lowest BCUT2D eigenvalue weighted by atomic mass is 9.98. The normalized spacial score (nSPS) is 11.8. The van der Waals surface area contributed by atoms with Crippen LogP contribution in [-0.2, 0) is 0 Å². The molecule has 4 heterocycles. The van der Waals surface area contributed by atoms with Gasteiger partial charge >= 0.3 is 0 Å². The molecule has 496 valence electrons. The predicted molar refractivity (Wildman–Crippen MR) is 460 cm³/mol. The van der Waals surface area contributed by atoms with Crippen LogP contribution < -0.4 is 9.80 Å². The van der Waals surface area contributed by atoms with Crippen molar-refractivity contribution in [2.45, 2.75) is 0 Å². The molecule has 0 aliphatic rings. The first-order valence-corrected chi connectivity index (χ1v) is 38.4. The Morgan fingerprint density at radius 1 is 0.170 bits per heavy atom. The summed E-state index contributed by atoms with van der Waals surface area (Å²) in [6.07, 6.45) is 0. The molecule has 0 atom stereocenters. The maximum absolute atomic E-state index is 6.31. The summed E-state index contributed by atoms with van der Waals surface area (Å²) in [5.74, 6) is 0. The first-order chi connectivity index (χ1) is 52.5. The maximum Gasteiger partial charge on any atom is 0.136 e. The number of nitrogens with zero attached hydrogens (tertiary/aromatic N) is 2. The molecule has 0 saturated carbocycles. The second-order valence-electron chi connectivity index (χ2n) is 27.4. The molecule has 0 aliphatic carbocycles. The molecule has 3 nitrogen and oxygen atoms in total. The van der Waals surface area contributed by atoms with E-state index in [2.05, 4.69) is 386 Å². The van der Waals surface area contributed by atoms with Crippen LogP contribution in [0.25, 0.3) is 170 Å². The van der Waals surface area contributed by atoms with Crippen LogP contribution in [0.15, 0.2) is 381 Å². The highest BCUT2D eigenvalue weighted by molar-refractivity contribution is 7.26. The van der Waals surface area contributed by atoms with Gasteiger partial charge in [0.05, 0.1) is 0 Å². The minimum Gasteiger partial charge on any atom is -0.456 e. The van der Waals surface area contributed by atoms with Gasteiger partial charge < -0.3 is 14.2 Å². The van der Waals surface area contributed by atoms with Crippen molar-refractivity contribution in [2.24, 2.45) is 0 Å². The number of hydrogen-bond acceptors (Lipinski definition) is 6. The summed E-state index contributed by atoms with van der Waals surface area (Å²) in [7, 11) is 0. The molecule has 4 aromatic heterocycles. The average molecular weight is 1400 g/mol. The number of anilines is 6. The minimum absolute atomic E-state index is 0.908. The van der Waals surface area contributed by atoms with Crippen molar-refractivity contribution < 1.29 is 4.42 Å². The van der Waals surface area contributed by atoms with Crippen molar-refractivity contribution in [3.8, 4) is 44.5 Å². The monoisotopic (exact) mass is 1400 g/mol. The third-order valence-corrected chi connectivity index (χ3v) is 24.7. The highest BCUT2D eigenvalue weighted by Gasteiger charge is 2.21. The molecule has 6 heteroatoms. The number of thiophene rings is 3. The molecule has 0 radical (unpaired) electrons. The lowest BCUT2D eigenvalue weighted by Crippen LogP contribution is -2.09. The lowest BCUT2D eigenvalue weighted by Gasteiger charge is -2.26. The molecule has 18 aromatic carbocycles. The number of fused-ring (bicyclic) bond motifs is 20. The van der Waals surface area contributed by atoms with Crippen LogP contribution >= 0.6 is 34.0 Å². The van der Waals surface area contributed by atoms with Gasteiger partial charge in [0, 0.05) is 105 Å². The fourth-order valence-corrected chi connectivity index (χ4v) is 19.5. The molecule has 0 unspecified atom stereocenters. The van der Waals surface area contributed by atoms with Gasteiger partial charge in [-0.15, -0.1) is 34.0 Å². The molecule has 22 rings (SSSR count). The number of rotatable bonds is 10. The smallest absolute Gasteiger partial charge is 0.136 e. The zero-order valence-corrected chi connectivity index (χ0v) is 59.8. The summed E-state index contributed by atoms with van der Waals surface area (Å²) in [4.78, 5) is 4.75. The Bertz CT molecular complexity index is 7180. The fourth-order valence-electron chi connectivity index (χ4n) is 16.2. The highest BCUT2D eigenvalue weighted by atomic mass is 32.1. The molecular formula is C100H62N2OS3. The van der Waals surface area contributed by atoms with E-state index in [1.54, 1.807) is 0 Å².